The van der Waals surface area contributed by atoms with Gasteiger partial charge in [0.25, 0.3) is 0 Å². The number of nitrogens with zero attached hydrogens (tertiary/aromatic N) is 2. The first kappa shape index (κ1) is 11.2. The minimum atomic E-state index is -0.0758. The summed E-state index contributed by atoms with van der Waals surface area (Å²) in [5.41, 5.74) is 1.25. The van der Waals surface area contributed by atoms with Gasteiger partial charge < -0.3 is 4.90 Å². The molecule has 1 unspecified atom stereocenters. The van der Waals surface area contributed by atoms with Crippen molar-refractivity contribution in [1.29, 1.82) is 5.26 Å². The molecular weight excluding hydrogens is 220 g/mol. The topological polar surface area (TPSA) is 44.1 Å². The average molecular weight is 234 g/mol. The van der Waals surface area contributed by atoms with Gasteiger partial charge in [0.1, 0.15) is 0 Å². The SMILES string of the molecule is Cc1ccsc1CN1CCC(C#N)CC1=O. The van der Waals surface area contributed by atoms with Crippen molar-refractivity contribution >= 4 is 17.2 Å². The predicted octanol–water partition coefficient (Wildman–Crippen LogP) is 2.32. The van der Waals surface area contributed by atoms with Gasteiger partial charge in [0.05, 0.1) is 18.5 Å². The van der Waals surface area contributed by atoms with E-state index in [1.807, 2.05) is 4.90 Å². The second-order valence-electron chi connectivity index (χ2n) is 4.16. The van der Waals surface area contributed by atoms with Gasteiger partial charge in [-0.25, -0.2) is 0 Å². The number of rotatable bonds is 2. The van der Waals surface area contributed by atoms with Gasteiger partial charge in [-0.1, -0.05) is 0 Å². The third-order valence-corrected chi connectivity index (χ3v) is 4.01. The summed E-state index contributed by atoms with van der Waals surface area (Å²) in [7, 11) is 0. The van der Waals surface area contributed by atoms with Crippen molar-refractivity contribution < 1.29 is 4.79 Å². The molecule has 16 heavy (non-hydrogen) atoms. The molecule has 1 amide bonds. The quantitative estimate of drug-likeness (QED) is 0.788. The summed E-state index contributed by atoms with van der Waals surface area (Å²) in [5, 5.41) is 10.8. The van der Waals surface area contributed by atoms with E-state index in [1.165, 1.54) is 10.4 Å². The van der Waals surface area contributed by atoms with Crippen LogP contribution in [0.3, 0.4) is 0 Å². The Bertz CT molecular complexity index is 432. The van der Waals surface area contributed by atoms with Gasteiger partial charge >= 0.3 is 0 Å². The molecule has 0 bridgehead atoms. The minimum absolute atomic E-state index is 0.0758. The lowest BCUT2D eigenvalue weighted by Gasteiger charge is -2.28. The van der Waals surface area contributed by atoms with Gasteiger partial charge in [-0.2, -0.15) is 5.26 Å². The molecule has 1 atom stereocenters. The Kier molecular flexibility index (Phi) is 3.25. The highest BCUT2D eigenvalue weighted by atomic mass is 32.1. The Labute approximate surface area is 99.3 Å². The van der Waals surface area contributed by atoms with Gasteiger partial charge in [0.2, 0.25) is 5.91 Å². The maximum Gasteiger partial charge on any atom is 0.224 e. The fraction of sp³-hybridized carbons (Fsp3) is 0.500. The lowest BCUT2D eigenvalue weighted by molar-refractivity contribution is -0.134. The van der Waals surface area contributed by atoms with Crippen LogP contribution in [0.4, 0.5) is 0 Å². The molecule has 1 aromatic rings. The molecule has 0 spiro atoms. The molecule has 0 radical (unpaired) electrons. The zero-order chi connectivity index (χ0) is 11.5. The second kappa shape index (κ2) is 4.67. The minimum Gasteiger partial charge on any atom is -0.337 e. The maximum absolute atomic E-state index is 11.8. The van der Waals surface area contributed by atoms with Gasteiger partial charge in [-0.3, -0.25) is 4.79 Å². The highest BCUT2D eigenvalue weighted by molar-refractivity contribution is 7.10. The molecule has 0 saturated carbocycles. The van der Waals surface area contributed by atoms with Crippen LogP contribution in [0.5, 0.6) is 0 Å². The summed E-state index contributed by atoms with van der Waals surface area (Å²) in [6.07, 6.45) is 1.20. The van der Waals surface area contributed by atoms with Crippen LogP contribution in [0.2, 0.25) is 0 Å². The molecule has 2 heterocycles. The molecule has 0 aromatic carbocycles. The van der Waals surface area contributed by atoms with Crippen LogP contribution < -0.4 is 0 Å². The van der Waals surface area contributed by atoms with E-state index in [1.54, 1.807) is 11.3 Å². The van der Waals surface area contributed by atoms with Crippen molar-refractivity contribution in [3.05, 3.63) is 21.9 Å². The molecule has 1 aliphatic rings. The van der Waals surface area contributed by atoms with Crippen molar-refractivity contribution in [3.63, 3.8) is 0 Å². The van der Waals surface area contributed by atoms with Gasteiger partial charge in [-0.15, -0.1) is 11.3 Å². The zero-order valence-electron chi connectivity index (χ0n) is 9.27. The monoisotopic (exact) mass is 234 g/mol. The fourth-order valence-electron chi connectivity index (χ4n) is 1.90. The van der Waals surface area contributed by atoms with Crippen molar-refractivity contribution in [2.45, 2.75) is 26.3 Å². The smallest absolute Gasteiger partial charge is 0.224 e. The summed E-state index contributed by atoms with van der Waals surface area (Å²) < 4.78 is 0. The largest absolute Gasteiger partial charge is 0.337 e. The van der Waals surface area contributed by atoms with E-state index in [-0.39, 0.29) is 11.8 Å². The van der Waals surface area contributed by atoms with Crippen LogP contribution in [0.1, 0.15) is 23.3 Å². The van der Waals surface area contributed by atoms with Crippen molar-refractivity contribution in [3.8, 4) is 6.07 Å². The molecule has 2 rings (SSSR count). The number of likely N-dealkylation sites (tertiary alicyclic amines) is 1. The molecule has 4 heteroatoms. The second-order valence-corrected chi connectivity index (χ2v) is 5.16. The van der Waals surface area contributed by atoms with Crippen LogP contribution in [-0.2, 0) is 11.3 Å². The van der Waals surface area contributed by atoms with Crippen molar-refractivity contribution in [2.24, 2.45) is 5.92 Å². The normalized spacial score (nSPS) is 20.9. The summed E-state index contributed by atoms with van der Waals surface area (Å²) >= 11 is 1.69. The number of carbonyl (C=O) groups is 1. The predicted molar refractivity (Wildman–Crippen MR) is 62.8 cm³/mol. The lowest BCUT2D eigenvalue weighted by atomic mass is 9.98. The van der Waals surface area contributed by atoms with Crippen LogP contribution >= 0.6 is 11.3 Å². The number of piperidine rings is 1. The number of hydrogen-bond acceptors (Lipinski definition) is 3. The number of hydrogen-bond donors (Lipinski definition) is 0. The molecule has 1 aromatic heterocycles. The Hall–Kier alpha value is -1.34. The number of carbonyl (C=O) groups excluding carboxylic acids is 1. The van der Waals surface area contributed by atoms with Gasteiger partial charge in [-0.05, 0) is 30.4 Å². The van der Waals surface area contributed by atoms with E-state index >= 15 is 0 Å². The third kappa shape index (κ3) is 2.25. The van der Waals surface area contributed by atoms with Gasteiger partial charge in [0.15, 0.2) is 0 Å². The van der Waals surface area contributed by atoms with E-state index in [0.29, 0.717) is 19.5 Å². The first-order valence-corrected chi connectivity index (χ1v) is 6.29. The maximum atomic E-state index is 11.8. The highest BCUT2D eigenvalue weighted by Gasteiger charge is 2.25. The molecule has 1 fully saturated rings. The average Bonchev–Trinajstić information content (AvgIpc) is 2.67. The number of amides is 1. The van der Waals surface area contributed by atoms with E-state index in [0.717, 1.165) is 6.42 Å². The fourth-order valence-corrected chi connectivity index (χ4v) is 2.82. The van der Waals surface area contributed by atoms with E-state index in [2.05, 4.69) is 24.4 Å². The Balaban J connectivity index is 2.00. The standard InChI is InChI=1S/C12H14N2OS/c1-9-3-5-16-11(9)8-14-4-2-10(7-13)6-12(14)15/h3,5,10H,2,4,6,8H2,1H3. The lowest BCUT2D eigenvalue weighted by Crippen LogP contribution is -2.37. The van der Waals surface area contributed by atoms with Crippen LogP contribution in [0.25, 0.3) is 0 Å². The molecule has 1 saturated heterocycles. The van der Waals surface area contributed by atoms with E-state index in [4.69, 9.17) is 5.26 Å². The molecule has 84 valence electrons. The summed E-state index contributed by atoms with van der Waals surface area (Å²) in [5.74, 6) is 0.0405. The molecule has 3 nitrogen and oxygen atoms in total. The molecule has 1 aliphatic heterocycles. The van der Waals surface area contributed by atoms with Crippen molar-refractivity contribution in [1.82, 2.24) is 4.90 Å². The Morgan fingerprint density at radius 2 is 2.50 bits per heavy atom. The summed E-state index contributed by atoms with van der Waals surface area (Å²) in [6, 6.07) is 4.26. The molecule has 0 N–H and O–H groups in total. The van der Waals surface area contributed by atoms with Crippen LogP contribution in [0, 0.1) is 24.2 Å². The molecule has 0 aliphatic carbocycles. The zero-order valence-corrected chi connectivity index (χ0v) is 10.1. The molecular formula is C12H14N2OS. The van der Waals surface area contributed by atoms with Crippen LogP contribution in [0.15, 0.2) is 11.4 Å². The third-order valence-electron chi connectivity index (χ3n) is 3.01. The first-order valence-electron chi connectivity index (χ1n) is 5.41. The summed E-state index contributed by atoms with van der Waals surface area (Å²) in [4.78, 5) is 14.9. The van der Waals surface area contributed by atoms with Gasteiger partial charge in [0, 0.05) is 17.8 Å². The van der Waals surface area contributed by atoms with E-state index < -0.39 is 0 Å². The van der Waals surface area contributed by atoms with Crippen molar-refractivity contribution in [2.75, 3.05) is 6.54 Å². The van der Waals surface area contributed by atoms with Crippen LogP contribution in [-0.4, -0.2) is 17.4 Å². The highest BCUT2D eigenvalue weighted by Crippen LogP contribution is 2.23. The van der Waals surface area contributed by atoms with E-state index in [9.17, 15) is 4.79 Å². The number of nitriles is 1. The number of thiophene rings is 1. The first-order chi connectivity index (χ1) is 7.70. The summed E-state index contributed by atoms with van der Waals surface area (Å²) in [6.45, 7) is 3.49. The Morgan fingerprint density at radius 3 is 3.06 bits per heavy atom. The number of aryl methyl sites for hydroxylation is 1. The Morgan fingerprint density at radius 1 is 1.69 bits per heavy atom.